The van der Waals surface area contributed by atoms with Gasteiger partial charge in [-0.15, -0.1) is 0 Å². The number of carbonyl (C=O) groups excluding carboxylic acids is 2. The van der Waals surface area contributed by atoms with E-state index >= 15 is 0 Å². The third-order valence-electron chi connectivity index (χ3n) is 2.98. The minimum atomic E-state index is -0.232. The van der Waals surface area contributed by atoms with Crippen LogP contribution in [0, 0.1) is 0 Å². The lowest BCUT2D eigenvalue weighted by Gasteiger charge is -2.15. The SMILES string of the molecule is O=C(NCCC(=O)N1CCCC1)c1ccccn1. The fraction of sp³-hybridized carbons (Fsp3) is 0.462. The first-order valence-corrected chi connectivity index (χ1v) is 6.24. The fourth-order valence-corrected chi connectivity index (χ4v) is 2.00. The standard InChI is InChI=1S/C13H17N3O2/c17-12(16-9-3-4-10-16)6-8-15-13(18)11-5-1-2-7-14-11/h1-2,5,7H,3-4,6,8-10H2,(H,15,18). The molecule has 2 heterocycles. The van der Waals surface area contributed by atoms with Gasteiger partial charge in [-0.25, -0.2) is 0 Å². The highest BCUT2D eigenvalue weighted by Gasteiger charge is 2.17. The highest BCUT2D eigenvalue weighted by Crippen LogP contribution is 2.08. The third kappa shape index (κ3) is 3.29. The van der Waals surface area contributed by atoms with Crippen molar-refractivity contribution in [2.75, 3.05) is 19.6 Å². The maximum Gasteiger partial charge on any atom is 0.269 e. The second kappa shape index (κ2) is 6.14. The molecule has 1 aromatic rings. The van der Waals surface area contributed by atoms with Crippen molar-refractivity contribution in [2.24, 2.45) is 0 Å². The van der Waals surface area contributed by atoms with Gasteiger partial charge in [0.1, 0.15) is 5.69 Å². The molecular weight excluding hydrogens is 230 g/mol. The molecule has 0 saturated carbocycles. The molecular formula is C13H17N3O2. The summed E-state index contributed by atoms with van der Waals surface area (Å²) in [6, 6.07) is 5.17. The number of carbonyl (C=O) groups is 2. The summed E-state index contributed by atoms with van der Waals surface area (Å²) >= 11 is 0. The summed E-state index contributed by atoms with van der Waals surface area (Å²) < 4.78 is 0. The Balaban J connectivity index is 1.72. The van der Waals surface area contributed by atoms with Crippen LogP contribution in [0.1, 0.15) is 29.8 Å². The molecule has 5 heteroatoms. The monoisotopic (exact) mass is 247 g/mol. The molecule has 0 bridgehead atoms. The molecule has 1 saturated heterocycles. The van der Waals surface area contributed by atoms with Crippen LogP contribution in [0.3, 0.4) is 0 Å². The predicted octanol–water partition coefficient (Wildman–Crippen LogP) is 0.824. The number of hydrogen-bond acceptors (Lipinski definition) is 3. The van der Waals surface area contributed by atoms with Crippen molar-refractivity contribution in [1.29, 1.82) is 0 Å². The van der Waals surface area contributed by atoms with E-state index in [-0.39, 0.29) is 11.8 Å². The minimum Gasteiger partial charge on any atom is -0.350 e. The Morgan fingerprint density at radius 3 is 2.72 bits per heavy atom. The topological polar surface area (TPSA) is 62.3 Å². The number of likely N-dealkylation sites (tertiary alicyclic amines) is 1. The Morgan fingerprint density at radius 2 is 2.06 bits per heavy atom. The maximum atomic E-state index is 11.7. The Labute approximate surface area is 106 Å². The average Bonchev–Trinajstić information content (AvgIpc) is 2.93. The molecule has 5 nitrogen and oxygen atoms in total. The van der Waals surface area contributed by atoms with Gasteiger partial charge in [-0.1, -0.05) is 6.07 Å². The van der Waals surface area contributed by atoms with E-state index in [9.17, 15) is 9.59 Å². The second-order valence-corrected chi connectivity index (χ2v) is 4.31. The van der Waals surface area contributed by atoms with Crippen LogP contribution < -0.4 is 5.32 Å². The van der Waals surface area contributed by atoms with E-state index in [4.69, 9.17) is 0 Å². The van der Waals surface area contributed by atoms with Gasteiger partial charge in [0.25, 0.3) is 5.91 Å². The van der Waals surface area contributed by atoms with E-state index < -0.39 is 0 Å². The lowest BCUT2D eigenvalue weighted by molar-refractivity contribution is -0.129. The van der Waals surface area contributed by atoms with E-state index in [1.165, 1.54) is 0 Å². The number of hydrogen-bond donors (Lipinski definition) is 1. The van der Waals surface area contributed by atoms with Crippen molar-refractivity contribution < 1.29 is 9.59 Å². The molecule has 0 aromatic carbocycles. The molecule has 18 heavy (non-hydrogen) atoms. The Kier molecular flexibility index (Phi) is 4.28. The summed E-state index contributed by atoms with van der Waals surface area (Å²) in [5.74, 6) is -0.112. The van der Waals surface area contributed by atoms with Crippen molar-refractivity contribution >= 4 is 11.8 Å². The summed E-state index contributed by atoms with van der Waals surface area (Å²) in [4.78, 5) is 29.2. The van der Waals surface area contributed by atoms with Gasteiger partial charge in [0, 0.05) is 32.3 Å². The second-order valence-electron chi connectivity index (χ2n) is 4.31. The van der Waals surface area contributed by atoms with Gasteiger partial charge in [0.15, 0.2) is 0 Å². The maximum absolute atomic E-state index is 11.7. The third-order valence-corrected chi connectivity index (χ3v) is 2.98. The smallest absolute Gasteiger partial charge is 0.269 e. The number of amides is 2. The normalized spacial score (nSPS) is 14.6. The van der Waals surface area contributed by atoms with Crippen LogP contribution in [0.5, 0.6) is 0 Å². The van der Waals surface area contributed by atoms with Crippen LogP contribution >= 0.6 is 0 Å². The van der Waals surface area contributed by atoms with E-state index in [0.29, 0.717) is 18.7 Å². The quantitative estimate of drug-likeness (QED) is 0.857. The molecule has 1 N–H and O–H groups in total. The molecule has 0 aliphatic carbocycles. The molecule has 1 aliphatic heterocycles. The number of aromatic nitrogens is 1. The number of pyridine rings is 1. The molecule has 1 aromatic heterocycles. The molecule has 2 rings (SSSR count). The van der Waals surface area contributed by atoms with Crippen LogP contribution in [-0.2, 0) is 4.79 Å². The summed E-state index contributed by atoms with van der Waals surface area (Å²) in [6.07, 6.45) is 4.11. The molecule has 0 spiro atoms. The van der Waals surface area contributed by atoms with E-state index in [2.05, 4.69) is 10.3 Å². The first-order chi connectivity index (χ1) is 8.77. The van der Waals surface area contributed by atoms with Gasteiger partial charge in [-0.3, -0.25) is 14.6 Å². The van der Waals surface area contributed by atoms with E-state index in [1.54, 1.807) is 24.4 Å². The van der Waals surface area contributed by atoms with Gasteiger partial charge < -0.3 is 10.2 Å². The fourth-order valence-electron chi connectivity index (χ4n) is 2.00. The van der Waals surface area contributed by atoms with Gasteiger partial charge in [0.2, 0.25) is 5.91 Å². The van der Waals surface area contributed by atoms with Gasteiger partial charge in [-0.2, -0.15) is 0 Å². The van der Waals surface area contributed by atoms with Crippen molar-refractivity contribution in [3.05, 3.63) is 30.1 Å². The van der Waals surface area contributed by atoms with E-state index in [1.807, 2.05) is 4.90 Å². The number of rotatable bonds is 4. The molecule has 0 unspecified atom stereocenters. The Bertz CT molecular complexity index is 414. The molecule has 1 aliphatic rings. The largest absolute Gasteiger partial charge is 0.350 e. The molecule has 2 amide bonds. The molecule has 0 radical (unpaired) electrons. The Morgan fingerprint density at radius 1 is 1.28 bits per heavy atom. The number of nitrogens with one attached hydrogen (secondary N) is 1. The van der Waals surface area contributed by atoms with Gasteiger partial charge in [0.05, 0.1) is 0 Å². The molecule has 1 fully saturated rings. The summed E-state index contributed by atoms with van der Waals surface area (Å²) in [5, 5.41) is 2.70. The molecule has 96 valence electrons. The zero-order valence-electron chi connectivity index (χ0n) is 10.3. The van der Waals surface area contributed by atoms with Crippen LogP contribution in [0.4, 0.5) is 0 Å². The van der Waals surface area contributed by atoms with Crippen molar-refractivity contribution in [3.8, 4) is 0 Å². The average molecular weight is 247 g/mol. The van der Waals surface area contributed by atoms with E-state index in [0.717, 1.165) is 25.9 Å². The number of nitrogens with zero attached hydrogens (tertiary/aromatic N) is 2. The lowest BCUT2D eigenvalue weighted by Crippen LogP contribution is -2.32. The van der Waals surface area contributed by atoms with Gasteiger partial charge >= 0.3 is 0 Å². The lowest BCUT2D eigenvalue weighted by atomic mass is 10.3. The summed E-state index contributed by atoms with van der Waals surface area (Å²) in [5.41, 5.74) is 0.381. The van der Waals surface area contributed by atoms with Crippen LogP contribution in [0.25, 0.3) is 0 Å². The van der Waals surface area contributed by atoms with Crippen molar-refractivity contribution in [3.63, 3.8) is 0 Å². The zero-order chi connectivity index (χ0) is 12.8. The highest BCUT2D eigenvalue weighted by atomic mass is 16.2. The van der Waals surface area contributed by atoms with Crippen molar-refractivity contribution in [2.45, 2.75) is 19.3 Å². The van der Waals surface area contributed by atoms with Crippen molar-refractivity contribution in [1.82, 2.24) is 15.2 Å². The van der Waals surface area contributed by atoms with Crippen LogP contribution in [0.15, 0.2) is 24.4 Å². The molecule has 0 atom stereocenters. The van der Waals surface area contributed by atoms with Gasteiger partial charge in [-0.05, 0) is 25.0 Å². The zero-order valence-corrected chi connectivity index (χ0v) is 10.3. The summed E-state index contributed by atoms with van der Waals surface area (Å²) in [6.45, 7) is 2.07. The summed E-state index contributed by atoms with van der Waals surface area (Å²) in [7, 11) is 0. The predicted molar refractivity (Wildman–Crippen MR) is 67.0 cm³/mol. The first kappa shape index (κ1) is 12.5. The minimum absolute atomic E-state index is 0.119. The highest BCUT2D eigenvalue weighted by molar-refractivity contribution is 5.92. The van der Waals surface area contributed by atoms with Crippen LogP contribution in [-0.4, -0.2) is 41.3 Å². The Hall–Kier alpha value is -1.91. The first-order valence-electron chi connectivity index (χ1n) is 6.24. The van der Waals surface area contributed by atoms with Crippen LogP contribution in [0.2, 0.25) is 0 Å².